The van der Waals surface area contributed by atoms with Gasteiger partial charge in [-0.05, 0) is 67.2 Å². The average molecular weight is 475 g/mol. The molecule has 3 rings (SSSR count). The third kappa shape index (κ3) is 4.89. The molecule has 0 atom stereocenters. The highest BCUT2D eigenvalue weighted by molar-refractivity contribution is 9.10. The maximum absolute atomic E-state index is 12.7. The van der Waals surface area contributed by atoms with E-state index in [0.29, 0.717) is 33.7 Å². The van der Waals surface area contributed by atoms with Crippen LogP contribution in [0.5, 0.6) is 5.75 Å². The molecule has 0 N–H and O–H groups in total. The number of amides is 1. The molecule has 0 unspecified atom stereocenters. The van der Waals surface area contributed by atoms with Crippen LogP contribution in [0.25, 0.3) is 6.08 Å². The predicted molar refractivity (Wildman–Crippen MR) is 119 cm³/mol. The van der Waals surface area contributed by atoms with Crippen LogP contribution in [-0.2, 0) is 9.53 Å². The molecular formula is C21H19BrN2O4S. The molecule has 0 saturated carbocycles. The Morgan fingerprint density at radius 2 is 1.97 bits per heavy atom. The van der Waals surface area contributed by atoms with Crippen LogP contribution in [-0.4, -0.2) is 42.7 Å². The molecule has 1 aliphatic heterocycles. The molecule has 6 nitrogen and oxygen atoms in total. The summed E-state index contributed by atoms with van der Waals surface area (Å²) in [6.45, 7) is 2.08. The summed E-state index contributed by atoms with van der Waals surface area (Å²) in [6, 6.07) is 12.4. The fourth-order valence-electron chi connectivity index (χ4n) is 2.61. The van der Waals surface area contributed by atoms with Gasteiger partial charge in [0.15, 0.2) is 5.17 Å². The Labute approximate surface area is 181 Å². The number of ether oxygens (including phenoxy) is 2. The summed E-state index contributed by atoms with van der Waals surface area (Å²) < 4.78 is 11.2. The van der Waals surface area contributed by atoms with E-state index in [-0.39, 0.29) is 11.9 Å². The molecular weight excluding hydrogens is 456 g/mol. The van der Waals surface area contributed by atoms with E-state index < -0.39 is 0 Å². The normalized spacial score (nSPS) is 16.6. The first-order valence-corrected chi connectivity index (χ1v) is 10.4. The summed E-state index contributed by atoms with van der Waals surface area (Å²) in [6.07, 6.45) is 1.79. The summed E-state index contributed by atoms with van der Waals surface area (Å²) in [5.41, 5.74) is 1.90. The van der Waals surface area contributed by atoms with Crippen LogP contribution in [0.1, 0.15) is 22.8 Å². The van der Waals surface area contributed by atoms with E-state index >= 15 is 0 Å². The van der Waals surface area contributed by atoms with Crippen molar-refractivity contribution in [2.45, 2.75) is 6.92 Å². The number of amidine groups is 1. The van der Waals surface area contributed by atoms with Gasteiger partial charge < -0.3 is 9.47 Å². The van der Waals surface area contributed by atoms with Crippen molar-refractivity contribution in [2.75, 3.05) is 20.8 Å². The second kappa shape index (κ2) is 9.28. The van der Waals surface area contributed by atoms with Crippen LogP contribution >= 0.6 is 27.7 Å². The number of rotatable bonds is 5. The number of carbonyl (C=O) groups is 2. The fourth-order valence-corrected chi connectivity index (χ4v) is 3.96. The summed E-state index contributed by atoms with van der Waals surface area (Å²) in [7, 11) is 3.27. The topological polar surface area (TPSA) is 68.2 Å². The minimum absolute atomic E-state index is 0.140. The summed E-state index contributed by atoms with van der Waals surface area (Å²) in [5, 5.41) is 0.555. The van der Waals surface area contributed by atoms with Gasteiger partial charge in [0.2, 0.25) is 0 Å². The zero-order valence-corrected chi connectivity index (χ0v) is 18.5. The molecule has 1 fully saturated rings. The second-order valence-corrected chi connectivity index (χ2v) is 7.95. The maximum Gasteiger partial charge on any atom is 0.338 e. The van der Waals surface area contributed by atoms with Crippen LogP contribution in [0.2, 0.25) is 0 Å². The highest BCUT2D eigenvalue weighted by Gasteiger charge is 2.30. The van der Waals surface area contributed by atoms with Crippen molar-refractivity contribution < 1.29 is 19.1 Å². The van der Waals surface area contributed by atoms with Crippen LogP contribution in [0.4, 0.5) is 5.69 Å². The predicted octanol–water partition coefficient (Wildman–Crippen LogP) is 4.87. The van der Waals surface area contributed by atoms with Gasteiger partial charge in [0.05, 0.1) is 29.9 Å². The number of aliphatic imine (C=N–C) groups is 1. The zero-order chi connectivity index (χ0) is 21.0. The van der Waals surface area contributed by atoms with Crippen molar-refractivity contribution in [1.82, 2.24) is 4.90 Å². The SMILES string of the molecule is CCOC(=O)c1ccc(N=C2SC(=Cc3cc(Br)ccc3OC)C(=O)N2C)cc1. The molecule has 150 valence electrons. The summed E-state index contributed by atoms with van der Waals surface area (Å²) in [4.78, 5) is 31.0. The smallest absolute Gasteiger partial charge is 0.338 e. The van der Waals surface area contributed by atoms with E-state index in [2.05, 4.69) is 20.9 Å². The van der Waals surface area contributed by atoms with Crippen LogP contribution < -0.4 is 4.74 Å². The highest BCUT2D eigenvalue weighted by Crippen LogP contribution is 2.35. The number of methoxy groups -OCH3 is 1. The molecule has 1 heterocycles. The number of hydrogen-bond acceptors (Lipinski definition) is 6. The van der Waals surface area contributed by atoms with Crippen LogP contribution in [0.15, 0.2) is 56.8 Å². The Morgan fingerprint density at radius 1 is 1.24 bits per heavy atom. The minimum Gasteiger partial charge on any atom is -0.496 e. The Morgan fingerprint density at radius 3 is 2.62 bits per heavy atom. The Kier molecular flexibility index (Phi) is 6.76. The van der Waals surface area contributed by atoms with Crippen molar-refractivity contribution in [1.29, 1.82) is 0 Å². The Hall–Kier alpha value is -2.58. The van der Waals surface area contributed by atoms with E-state index in [0.717, 1.165) is 10.0 Å². The lowest BCUT2D eigenvalue weighted by atomic mass is 10.2. The number of halogens is 1. The van der Waals surface area contributed by atoms with Gasteiger partial charge in [-0.2, -0.15) is 0 Å². The lowest BCUT2D eigenvalue weighted by Crippen LogP contribution is -2.23. The standard InChI is InChI=1S/C21H19BrN2O4S/c1-4-28-20(26)13-5-8-16(9-6-13)23-21-24(2)19(25)18(29-21)12-14-11-15(22)7-10-17(14)27-3/h5-12H,4H2,1-3H3. The first kappa shape index (κ1) is 21.1. The van der Waals surface area contributed by atoms with Gasteiger partial charge >= 0.3 is 5.97 Å². The van der Waals surface area contributed by atoms with Gasteiger partial charge in [0, 0.05) is 17.1 Å². The van der Waals surface area contributed by atoms with Crippen molar-refractivity contribution in [2.24, 2.45) is 4.99 Å². The molecule has 0 aliphatic carbocycles. The van der Waals surface area contributed by atoms with Gasteiger partial charge in [-0.15, -0.1) is 0 Å². The fraction of sp³-hybridized carbons (Fsp3) is 0.190. The van der Waals surface area contributed by atoms with E-state index in [9.17, 15) is 9.59 Å². The molecule has 0 aromatic heterocycles. The molecule has 1 aliphatic rings. The Balaban J connectivity index is 1.85. The first-order chi connectivity index (χ1) is 13.9. The molecule has 0 radical (unpaired) electrons. The lowest BCUT2D eigenvalue weighted by molar-refractivity contribution is -0.121. The molecule has 2 aromatic rings. The largest absolute Gasteiger partial charge is 0.496 e. The van der Waals surface area contributed by atoms with Crippen molar-refractivity contribution in [3.8, 4) is 5.75 Å². The third-order valence-electron chi connectivity index (χ3n) is 4.09. The number of carbonyl (C=O) groups excluding carboxylic acids is 2. The molecule has 29 heavy (non-hydrogen) atoms. The molecule has 0 spiro atoms. The molecule has 8 heteroatoms. The highest BCUT2D eigenvalue weighted by atomic mass is 79.9. The van der Waals surface area contributed by atoms with E-state index in [1.54, 1.807) is 51.4 Å². The summed E-state index contributed by atoms with van der Waals surface area (Å²) in [5.74, 6) is 0.165. The van der Waals surface area contributed by atoms with Gasteiger partial charge in [0.1, 0.15) is 5.75 Å². The zero-order valence-electron chi connectivity index (χ0n) is 16.1. The van der Waals surface area contributed by atoms with Gasteiger partial charge in [-0.1, -0.05) is 15.9 Å². The van der Waals surface area contributed by atoms with E-state index in [1.165, 1.54) is 16.7 Å². The lowest BCUT2D eigenvalue weighted by Gasteiger charge is -2.07. The molecule has 0 bridgehead atoms. The first-order valence-electron chi connectivity index (χ1n) is 8.80. The van der Waals surface area contributed by atoms with Crippen LogP contribution in [0, 0.1) is 0 Å². The summed E-state index contributed by atoms with van der Waals surface area (Å²) >= 11 is 4.73. The van der Waals surface area contributed by atoms with Gasteiger partial charge in [-0.25, -0.2) is 9.79 Å². The maximum atomic E-state index is 12.7. The van der Waals surface area contributed by atoms with Crippen LogP contribution in [0.3, 0.4) is 0 Å². The van der Waals surface area contributed by atoms with E-state index in [1.807, 2.05) is 18.2 Å². The van der Waals surface area contributed by atoms with Crippen molar-refractivity contribution in [3.05, 3.63) is 63.0 Å². The second-order valence-electron chi connectivity index (χ2n) is 6.02. The number of esters is 1. The number of thioether (sulfide) groups is 1. The number of hydrogen-bond donors (Lipinski definition) is 0. The quantitative estimate of drug-likeness (QED) is 0.456. The minimum atomic E-state index is -0.373. The van der Waals surface area contributed by atoms with Crippen molar-refractivity contribution in [3.63, 3.8) is 0 Å². The van der Waals surface area contributed by atoms with Crippen molar-refractivity contribution >= 4 is 56.5 Å². The van der Waals surface area contributed by atoms with Gasteiger partial charge in [-0.3, -0.25) is 9.69 Å². The average Bonchev–Trinajstić information content (AvgIpc) is 2.97. The molecule has 2 aromatic carbocycles. The Bertz CT molecular complexity index is 1000. The monoisotopic (exact) mass is 474 g/mol. The number of nitrogens with zero attached hydrogens (tertiary/aromatic N) is 2. The van der Waals surface area contributed by atoms with E-state index in [4.69, 9.17) is 9.47 Å². The number of benzene rings is 2. The van der Waals surface area contributed by atoms with Gasteiger partial charge in [0.25, 0.3) is 5.91 Å². The molecule has 1 amide bonds. The third-order valence-corrected chi connectivity index (χ3v) is 5.64. The molecule has 1 saturated heterocycles. The number of likely N-dealkylation sites (N-methyl/N-ethyl adjacent to an activating group) is 1.